The van der Waals surface area contributed by atoms with E-state index >= 15 is 0 Å². The second-order valence-corrected chi connectivity index (χ2v) is 4.47. The Balaban J connectivity index is 0.00000120. The monoisotopic (exact) mass is 270 g/mol. The Labute approximate surface area is 110 Å². The molecule has 3 rings (SSSR count). The first-order chi connectivity index (χ1) is 8.24. The zero-order chi connectivity index (χ0) is 11.8. The number of nitrogens with zero attached hydrogens (tertiary/aromatic N) is 3. The molecular formula is C11H15ClN4O2. The van der Waals surface area contributed by atoms with E-state index in [2.05, 4.69) is 15.2 Å². The van der Waals surface area contributed by atoms with Crippen LogP contribution in [-0.2, 0) is 6.54 Å². The first-order valence-electron chi connectivity index (χ1n) is 5.60. The highest BCUT2D eigenvalue weighted by molar-refractivity contribution is 5.85. The summed E-state index contributed by atoms with van der Waals surface area (Å²) in [5.74, 6) is 0. The Morgan fingerprint density at radius 3 is 2.94 bits per heavy atom. The molecule has 1 aliphatic rings. The smallest absolute Gasteiger partial charge is 0.139 e. The minimum Gasteiger partial charge on any atom is -0.390 e. The van der Waals surface area contributed by atoms with Crippen LogP contribution in [-0.4, -0.2) is 45.6 Å². The third kappa shape index (κ3) is 2.32. The van der Waals surface area contributed by atoms with Crippen LogP contribution in [0, 0.1) is 0 Å². The highest BCUT2D eigenvalue weighted by Gasteiger charge is 2.28. The summed E-state index contributed by atoms with van der Waals surface area (Å²) >= 11 is 0. The summed E-state index contributed by atoms with van der Waals surface area (Å²) < 4.78 is 4.72. The van der Waals surface area contributed by atoms with Crippen molar-refractivity contribution in [1.82, 2.24) is 15.2 Å². The molecule has 0 unspecified atom stereocenters. The number of β-amino-alcohol motifs (C(OH)–C–C–N with tert-alkyl or cyclic N) is 1. The molecule has 98 valence electrons. The van der Waals surface area contributed by atoms with Gasteiger partial charge in [-0.2, -0.15) is 0 Å². The molecule has 1 fully saturated rings. The predicted molar refractivity (Wildman–Crippen MR) is 68.3 cm³/mol. The van der Waals surface area contributed by atoms with Gasteiger partial charge in [-0.25, -0.2) is 4.63 Å². The summed E-state index contributed by atoms with van der Waals surface area (Å²) in [4.78, 5) is 2.11. The lowest BCUT2D eigenvalue weighted by molar-refractivity contribution is 0.164. The highest BCUT2D eigenvalue weighted by atomic mass is 35.5. The van der Waals surface area contributed by atoms with Crippen molar-refractivity contribution >= 4 is 23.4 Å². The van der Waals surface area contributed by atoms with Crippen molar-refractivity contribution in [2.45, 2.75) is 18.7 Å². The van der Waals surface area contributed by atoms with Gasteiger partial charge in [0.05, 0.1) is 6.10 Å². The number of halogens is 1. The molecule has 6 nitrogen and oxygen atoms in total. The van der Waals surface area contributed by atoms with Crippen LogP contribution in [0.5, 0.6) is 0 Å². The number of nitrogens with two attached hydrogens (primary N) is 1. The maximum atomic E-state index is 9.61. The molecule has 0 bridgehead atoms. The topological polar surface area (TPSA) is 88.4 Å². The number of aliphatic hydroxyl groups is 1. The van der Waals surface area contributed by atoms with E-state index in [0.29, 0.717) is 19.6 Å². The standard InChI is InChI=1S/C11H14N4O2.ClH/c12-8-5-15(6-10(8)16)4-7-2-1-3-9-11(7)14-17-13-9;/h1-3,8,10,16H,4-6,12H2;1H/t8-,10-;/m1./s1. The molecule has 0 spiro atoms. The fourth-order valence-corrected chi connectivity index (χ4v) is 2.25. The van der Waals surface area contributed by atoms with Gasteiger partial charge in [0.1, 0.15) is 11.0 Å². The van der Waals surface area contributed by atoms with Crippen molar-refractivity contribution < 1.29 is 9.74 Å². The third-order valence-electron chi connectivity index (χ3n) is 3.17. The molecular weight excluding hydrogens is 256 g/mol. The third-order valence-corrected chi connectivity index (χ3v) is 3.17. The van der Waals surface area contributed by atoms with Gasteiger partial charge in [-0.3, -0.25) is 4.90 Å². The van der Waals surface area contributed by atoms with E-state index in [1.807, 2.05) is 18.2 Å². The second-order valence-electron chi connectivity index (χ2n) is 4.47. The lowest BCUT2D eigenvalue weighted by atomic mass is 10.2. The fraction of sp³-hybridized carbons (Fsp3) is 0.455. The van der Waals surface area contributed by atoms with E-state index < -0.39 is 6.10 Å². The molecule has 1 aromatic heterocycles. The number of hydrogen-bond donors (Lipinski definition) is 2. The van der Waals surface area contributed by atoms with Gasteiger partial charge in [-0.1, -0.05) is 12.1 Å². The number of likely N-dealkylation sites (tertiary alicyclic amines) is 1. The molecule has 0 radical (unpaired) electrons. The number of benzene rings is 1. The minimum absolute atomic E-state index is 0. The van der Waals surface area contributed by atoms with Crippen molar-refractivity contribution in [3.8, 4) is 0 Å². The summed E-state index contributed by atoms with van der Waals surface area (Å²) in [5.41, 5.74) is 8.36. The maximum Gasteiger partial charge on any atom is 0.139 e. The normalized spacial score (nSPS) is 24.3. The molecule has 7 heteroatoms. The Morgan fingerprint density at radius 2 is 2.22 bits per heavy atom. The Morgan fingerprint density at radius 1 is 1.39 bits per heavy atom. The lowest BCUT2D eigenvalue weighted by Gasteiger charge is -2.14. The van der Waals surface area contributed by atoms with Gasteiger partial charge in [-0.15, -0.1) is 12.4 Å². The molecule has 1 aromatic carbocycles. The summed E-state index contributed by atoms with van der Waals surface area (Å²) in [6, 6.07) is 5.61. The number of fused-ring (bicyclic) bond motifs is 1. The van der Waals surface area contributed by atoms with E-state index in [4.69, 9.17) is 10.4 Å². The quantitative estimate of drug-likeness (QED) is 0.808. The average molecular weight is 271 g/mol. The van der Waals surface area contributed by atoms with Gasteiger partial charge in [0.2, 0.25) is 0 Å². The van der Waals surface area contributed by atoms with Gasteiger partial charge in [-0.05, 0) is 21.9 Å². The van der Waals surface area contributed by atoms with Crippen LogP contribution in [0.4, 0.5) is 0 Å². The van der Waals surface area contributed by atoms with Crippen molar-refractivity contribution in [3.05, 3.63) is 23.8 Å². The maximum absolute atomic E-state index is 9.61. The highest BCUT2D eigenvalue weighted by Crippen LogP contribution is 2.19. The van der Waals surface area contributed by atoms with Gasteiger partial charge in [0.15, 0.2) is 0 Å². The van der Waals surface area contributed by atoms with Crippen LogP contribution >= 0.6 is 12.4 Å². The molecule has 3 N–H and O–H groups in total. The number of aliphatic hydroxyl groups excluding tert-OH is 1. The average Bonchev–Trinajstić information content (AvgIpc) is 2.87. The van der Waals surface area contributed by atoms with Crippen molar-refractivity contribution in [1.29, 1.82) is 0 Å². The van der Waals surface area contributed by atoms with Crippen LogP contribution in [0.15, 0.2) is 22.8 Å². The molecule has 0 saturated carbocycles. The van der Waals surface area contributed by atoms with Crippen LogP contribution in [0.1, 0.15) is 5.56 Å². The molecule has 1 saturated heterocycles. The Hall–Kier alpha value is -1.21. The fourth-order valence-electron chi connectivity index (χ4n) is 2.25. The van der Waals surface area contributed by atoms with Crippen LogP contribution in [0.25, 0.3) is 11.0 Å². The lowest BCUT2D eigenvalue weighted by Crippen LogP contribution is -2.32. The zero-order valence-electron chi connectivity index (χ0n) is 9.69. The summed E-state index contributed by atoms with van der Waals surface area (Å²) in [7, 11) is 0. The first-order valence-corrected chi connectivity index (χ1v) is 5.60. The van der Waals surface area contributed by atoms with Crippen LogP contribution in [0.3, 0.4) is 0 Å². The summed E-state index contributed by atoms with van der Waals surface area (Å²) in [6.45, 7) is 2.00. The molecule has 2 aromatic rings. The summed E-state index contributed by atoms with van der Waals surface area (Å²) in [6.07, 6.45) is -0.440. The van der Waals surface area contributed by atoms with Gasteiger partial charge in [0, 0.05) is 25.7 Å². The van der Waals surface area contributed by atoms with E-state index in [1.165, 1.54) is 0 Å². The van der Waals surface area contributed by atoms with E-state index in [-0.39, 0.29) is 18.4 Å². The van der Waals surface area contributed by atoms with Crippen molar-refractivity contribution in [2.24, 2.45) is 5.73 Å². The van der Waals surface area contributed by atoms with Gasteiger partial charge < -0.3 is 10.8 Å². The van der Waals surface area contributed by atoms with E-state index in [0.717, 1.165) is 16.6 Å². The molecule has 2 heterocycles. The van der Waals surface area contributed by atoms with Crippen molar-refractivity contribution in [3.63, 3.8) is 0 Å². The SMILES string of the molecule is Cl.N[C@@H]1CN(Cc2cccc3nonc23)C[C@H]1O. The van der Waals surface area contributed by atoms with Crippen molar-refractivity contribution in [2.75, 3.05) is 13.1 Å². The molecule has 0 amide bonds. The number of rotatable bonds is 2. The van der Waals surface area contributed by atoms with Gasteiger partial charge in [0.25, 0.3) is 0 Å². The molecule has 18 heavy (non-hydrogen) atoms. The predicted octanol–water partition coefficient (Wildman–Crippen LogP) is 0.148. The van der Waals surface area contributed by atoms with E-state index in [1.54, 1.807) is 0 Å². The van der Waals surface area contributed by atoms with Crippen LogP contribution < -0.4 is 5.73 Å². The van der Waals surface area contributed by atoms with Gasteiger partial charge >= 0.3 is 0 Å². The number of hydrogen-bond acceptors (Lipinski definition) is 6. The first kappa shape index (κ1) is 13.2. The molecule has 2 atom stereocenters. The number of aromatic nitrogens is 2. The summed E-state index contributed by atoms with van der Waals surface area (Å²) in [5, 5.41) is 17.3. The Kier molecular flexibility index (Phi) is 3.82. The second kappa shape index (κ2) is 5.19. The minimum atomic E-state index is -0.440. The zero-order valence-corrected chi connectivity index (χ0v) is 10.5. The largest absolute Gasteiger partial charge is 0.390 e. The van der Waals surface area contributed by atoms with Crippen LogP contribution in [0.2, 0.25) is 0 Å². The molecule has 1 aliphatic heterocycles. The molecule has 0 aliphatic carbocycles. The van der Waals surface area contributed by atoms with E-state index in [9.17, 15) is 5.11 Å². The Bertz CT molecular complexity index is 522.